The van der Waals surface area contributed by atoms with Gasteiger partial charge in [-0.15, -0.1) is 11.8 Å². The highest BCUT2D eigenvalue weighted by Crippen LogP contribution is 2.32. The number of anilines is 1. The molecule has 1 N–H and O–H groups in total. The van der Waals surface area contributed by atoms with Gasteiger partial charge in [-0.05, 0) is 58.0 Å². The summed E-state index contributed by atoms with van der Waals surface area (Å²) < 4.78 is 38.6. The predicted molar refractivity (Wildman–Crippen MR) is 127 cm³/mol. The normalized spacial score (nSPS) is 16.0. The van der Waals surface area contributed by atoms with E-state index in [1.807, 2.05) is 52.0 Å². The van der Waals surface area contributed by atoms with Gasteiger partial charge in [-0.3, -0.25) is 4.79 Å². The van der Waals surface area contributed by atoms with E-state index in [1.165, 1.54) is 28.2 Å². The number of morpholine rings is 1. The minimum absolute atomic E-state index is 0.115. The zero-order valence-corrected chi connectivity index (χ0v) is 20.5. The maximum Gasteiger partial charge on any atom is 0.243 e. The first-order valence-electron chi connectivity index (χ1n) is 10.6. The van der Waals surface area contributed by atoms with Crippen molar-refractivity contribution in [2.24, 2.45) is 0 Å². The molecule has 1 saturated heterocycles. The molecule has 32 heavy (non-hydrogen) atoms. The summed E-state index contributed by atoms with van der Waals surface area (Å²) in [5, 5.41) is 2.49. The monoisotopic (exact) mass is 478 g/mol. The van der Waals surface area contributed by atoms with Crippen molar-refractivity contribution in [2.75, 3.05) is 31.6 Å². The molecule has 0 saturated carbocycles. The van der Waals surface area contributed by atoms with Crippen molar-refractivity contribution in [1.82, 2.24) is 4.31 Å². The third-order valence-corrected chi connectivity index (χ3v) is 7.89. The number of benzene rings is 2. The summed E-state index contributed by atoms with van der Waals surface area (Å²) in [6.45, 7) is 8.92. The summed E-state index contributed by atoms with van der Waals surface area (Å²) >= 11 is 1.44. The summed E-state index contributed by atoms with van der Waals surface area (Å²) in [6.07, 6.45) is -0.133. The number of hydrogen-bond donors (Lipinski definition) is 1. The molecular formula is C23H30N2O5S2. The average molecular weight is 479 g/mol. The van der Waals surface area contributed by atoms with Gasteiger partial charge in [0.1, 0.15) is 5.75 Å². The van der Waals surface area contributed by atoms with Crippen LogP contribution in [0.25, 0.3) is 0 Å². The highest BCUT2D eigenvalue weighted by atomic mass is 32.2. The van der Waals surface area contributed by atoms with Crippen LogP contribution in [0, 0.1) is 6.92 Å². The van der Waals surface area contributed by atoms with Gasteiger partial charge < -0.3 is 14.8 Å². The Balaban J connectivity index is 1.82. The zero-order valence-electron chi connectivity index (χ0n) is 18.8. The number of ether oxygens (including phenoxy) is 2. The van der Waals surface area contributed by atoms with Crippen molar-refractivity contribution >= 4 is 33.4 Å². The molecule has 7 nitrogen and oxygen atoms in total. The quantitative estimate of drug-likeness (QED) is 0.579. The molecule has 0 radical (unpaired) electrons. The summed E-state index contributed by atoms with van der Waals surface area (Å²) in [4.78, 5) is 14.0. The smallest absolute Gasteiger partial charge is 0.243 e. The molecule has 0 bridgehead atoms. The van der Waals surface area contributed by atoms with Gasteiger partial charge in [-0.1, -0.05) is 17.7 Å². The minimum atomic E-state index is -3.70. The topological polar surface area (TPSA) is 84.9 Å². The Morgan fingerprint density at radius 1 is 1.09 bits per heavy atom. The zero-order chi connectivity index (χ0) is 23.3. The Kier molecular flexibility index (Phi) is 8.21. The van der Waals surface area contributed by atoms with E-state index < -0.39 is 10.0 Å². The van der Waals surface area contributed by atoms with Gasteiger partial charge in [-0.2, -0.15) is 4.31 Å². The van der Waals surface area contributed by atoms with E-state index in [1.54, 1.807) is 6.07 Å². The van der Waals surface area contributed by atoms with Crippen LogP contribution < -0.4 is 10.1 Å². The van der Waals surface area contributed by atoms with Crippen molar-refractivity contribution in [3.8, 4) is 5.75 Å². The Morgan fingerprint density at radius 3 is 2.38 bits per heavy atom. The Morgan fingerprint density at radius 2 is 1.75 bits per heavy atom. The number of sulfonamides is 1. The number of carbonyl (C=O) groups is 1. The first-order valence-corrected chi connectivity index (χ1v) is 12.9. The lowest BCUT2D eigenvalue weighted by molar-refractivity contribution is -0.115. The van der Waals surface area contributed by atoms with Crippen LogP contribution in [0.2, 0.25) is 0 Å². The maximum absolute atomic E-state index is 13.1. The van der Waals surface area contributed by atoms with Crippen LogP contribution in [-0.2, 0) is 19.6 Å². The number of rotatable bonds is 8. The lowest BCUT2D eigenvalue weighted by Crippen LogP contribution is -2.40. The molecule has 0 aliphatic carbocycles. The number of nitrogens with one attached hydrogen (secondary N) is 1. The first-order chi connectivity index (χ1) is 15.2. The third-order valence-electron chi connectivity index (χ3n) is 4.88. The maximum atomic E-state index is 13.1. The van der Waals surface area contributed by atoms with E-state index in [0.717, 1.165) is 10.5 Å². The van der Waals surface area contributed by atoms with Crippen molar-refractivity contribution in [2.45, 2.75) is 48.8 Å². The van der Waals surface area contributed by atoms with Crippen molar-refractivity contribution in [1.29, 1.82) is 0 Å². The van der Waals surface area contributed by atoms with Crippen LogP contribution in [0.3, 0.4) is 0 Å². The van der Waals surface area contributed by atoms with E-state index in [0.29, 0.717) is 37.7 Å². The second-order valence-corrected chi connectivity index (χ2v) is 11.3. The number of nitrogens with zero attached hydrogens (tertiary/aromatic N) is 1. The molecule has 1 atom stereocenters. The molecule has 1 aliphatic rings. The van der Waals surface area contributed by atoms with Gasteiger partial charge in [-0.25, -0.2) is 8.42 Å². The fourth-order valence-electron chi connectivity index (χ4n) is 3.17. The number of thioether (sulfide) groups is 1. The van der Waals surface area contributed by atoms with Crippen LogP contribution >= 0.6 is 11.8 Å². The Bertz CT molecular complexity index is 1030. The van der Waals surface area contributed by atoms with E-state index >= 15 is 0 Å². The molecule has 2 aromatic rings. The van der Waals surface area contributed by atoms with Crippen molar-refractivity contribution in [3.63, 3.8) is 0 Å². The van der Waals surface area contributed by atoms with E-state index in [9.17, 15) is 13.2 Å². The van der Waals surface area contributed by atoms with Crippen LogP contribution in [0.5, 0.6) is 5.75 Å². The van der Waals surface area contributed by atoms with E-state index in [-0.39, 0.29) is 22.2 Å². The molecule has 0 spiro atoms. The number of hydrogen-bond acceptors (Lipinski definition) is 6. The molecular weight excluding hydrogens is 448 g/mol. The third kappa shape index (κ3) is 6.25. The SMILES string of the molecule is Cc1ccc(S[C@@H](C)C(=O)Nc2cc(S(=O)(=O)N3CCOCC3)ccc2OC(C)C)cc1. The van der Waals surface area contributed by atoms with Gasteiger partial charge in [0, 0.05) is 18.0 Å². The first kappa shape index (κ1) is 24.6. The standard InChI is InChI=1S/C23H30N2O5S2/c1-16(2)30-22-10-9-20(32(27,28)25-11-13-29-14-12-25)15-21(22)24-23(26)18(4)31-19-7-5-17(3)6-8-19/h5-10,15-16,18H,11-14H2,1-4H3,(H,24,26)/t18-/m0/s1. The minimum Gasteiger partial charge on any atom is -0.489 e. The Hall–Kier alpha value is -2.07. The van der Waals surface area contributed by atoms with Crippen LogP contribution in [0.1, 0.15) is 26.3 Å². The molecule has 1 fully saturated rings. The second kappa shape index (κ2) is 10.7. The molecule has 3 rings (SSSR count). The van der Waals surface area contributed by atoms with Gasteiger partial charge in [0.05, 0.1) is 35.2 Å². The number of carbonyl (C=O) groups excluding carboxylic acids is 1. The highest BCUT2D eigenvalue weighted by molar-refractivity contribution is 8.00. The van der Waals surface area contributed by atoms with Gasteiger partial charge in [0.2, 0.25) is 15.9 Å². The van der Waals surface area contributed by atoms with Crippen LogP contribution in [0.4, 0.5) is 5.69 Å². The average Bonchev–Trinajstić information content (AvgIpc) is 2.76. The molecule has 0 unspecified atom stereocenters. The van der Waals surface area contributed by atoms with E-state index in [4.69, 9.17) is 9.47 Å². The predicted octanol–water partition coefficient (Wildman–Crippen LogP) is 3.92. The molecule has 1 amide bonds. The largest absolute Gasteiger partial charge is 0.489 e. The van der Waals surface area contributed by atoms with Gasteiger partial charge in [0.15, 0.2) is 0 Å². The second-order valence-electron chi connectivity index (χ2n) is 7.90. The summed E-state index contributed by atoms with van der Waals surface area (Å²) in [6, 6.07) is 12.6. The van der Waals surface area contributed by atoms with Crippen molar-refractivity contribution in [3.05, 3.63) is 48.0 Å². The molecule has 2 aromatic carbocycles. The molecule has 174 valence electrons. The van der Waals surface area contributed by atoms with Crippen molar-refractivity contribution < 1.29 is 22.7 Å². The van der Waals surface area contributed by atoms with Gasteiger partial charge >= 0.3 is 0 Å². The molecule has 1 aliphatic heterocycles. The van der Waals surface area contributed by atoms with Crippen LogP contribution in [0.15, 0.2) is 52.3 Å². The summed E-state index contributed by atoms with van der Waals surface area (Å²) in [5.74, 6) is 0.201. The molecule has 1 heterocycles. The summed E-state index contributed by atoms with van der Waals surface area (Å²) in [7, 11) is -3.70. The van der Waals surface area contributed by atoms with Gasteiger partial charge in [0.25, 0.3) is 0 Å². The van der Waals surface area contributed by atoms with Crippen LogP contribution in [-0.4, -0.2) is 56.3 Å². The number of amides is 1. The molecule has 9 heteroatoms. The number of aryl methyl sites for hydroxylation is 1. The Labute approximate surface area is 194 Å². The summed E-state index contributed by atoms with van der Waals surface area (Å²) in [5.41, 5.74) is 1.50. The fourth-order valence-corrected chi connectivity index (χ4v) is 5.47. The highest BCUT2D eigenvalue weighted by Gasteiger charge is 2.28. The lowest BCUT2D eigenvalue weighted by atomic mass is 10.2. The molecule has 0 aromatic heterocycles. The van der Waals surface area contributed by atoms with E-state index in [2.05, 4.69) is 5.32 Å². The fraction of sp³-hybridized carbons (Fsp3) is 0.435. The lowest BCUT2D eigenvalue weighted by Gasteiger charge is -2.26.